The molecule has 0 radical (unpaired) electrons. The Morgan fingerprint density at radius 2 is 1.30 bits per heavy atom. The van der Waals surface area contributed by atoms with Crippen LogP contribution < -0.4 is 0 Å². The maximum atomic E-state index is 12.9. The molecule has 0 aromatic rings. The van der Waals surface area contributed by atoms with E-state index in [1.165, 1.54) is 0 Å². The topological polar surface area (TPSA) is 23.6 Å². The van der Waals surface area contributed by atoms with Crippen LogP contribution in [-0.2, 0) is 4.79 Å². The summed E-state index contributed by atoms with van der Waals surface area (Å²) in [6.45, 7) is 18.3. The van der Waals surface area contributed by atoms with E-state index in [2.05, 4.69) is 58.4 Å². The molecule has 0 N–H and O–H groups in total. The number of hydrogen-bond donors (Lipinski definition) is 0. The predicted octanol–water partition coefficient (Wildman–Crippen LogP) is 4.03. The highest BCUT2D eigenvalue weighted by atomic mass is 16.2. The molecule has 0 aromatic carbocycles. The van der Waals surface area contributed by atoms with Gasteiger partial charge in [-0.15, -0.1) is 0 Å². The molecule has 134 valence electrons. The number of rotatable bonds is 1. The smallest absolute Gasteiger partial charge is 0.225 e. The normalized spacial score (nSPS) is 24.7. The molecule has 0 bridgehead atoms. The van der Waals surface area contributed by atoms with E-state index < -0.39 is 0 Å². The molecule has 0 spiro atoms. The first kappa shape index (κ1) is 18.8. The lowest BCUT2D eigenvalue weighted by molar-refractivity contribution is -0.145. The van der Waals surface area contributed by atoms with Gasteiger partial charge in [-0.2, -0.15) is 0 Å². The van der Waals surface area contributed by atoms with Gasteiger partial charge in [0, 0.05) is 19.0 Å². The highest BCUT2D eigenvalue weighted by molar-refractivity contribution is 5.79. The molecule has 3 heteroatoms. The second kappa shape index (κ2) is 6.38. The first-order valence-electron chi connectivity index (χ1n) is 9.45. The van der Waals surface area contributed by atoms with E-state index in [0.717, 1.165) is 51.9 Å². The fourth-order valence-corrected chi connectivity index (χ4v) is 5.25. The third-order valence-corrected chi connectivity index (χ3v) is 6.87. The van der Waals surface area contributed by atoms with Crippen molar-refractivity contribution in [3.8, 4) is 0 Å². The van der Waals surface area contributed by atoms with Crippen LogP contribution in [0.1, 0.15) is 67.2 Å². The van der Waals surface area contributed by atoms with Crippen LogP contribution in [-0.4, -0.2) is 48.9 Å². The lowest BCUT2D eigenvalue weighted by Crippen LogP contribution is -2.55. The molecule has 3 nitrogen and oxygen atoms in total. The Balaban J connectivity index is 2.03. The molecule has 0 aromatic heterocycles. The highest BCUT2D eigenvalue weighted by Gasteiger charge is 2.52. The van der Waals surface area contributed by atoms with E-state index in [-0.39, 0.29) is 16.7 Å². The maximum absolute atomic E-state index is 12.9. The lowest BCUT2D eigenvalue weighted by Gasteiger charge is -2.57. The monoisotopic (exact) mass is 322 g/mol. The van der Waals surface area contributed by atoms with Gasteiger partial charge in [-0.3, -0.25) is 4.79 Å². The minimum Gasteiger partial charge on any atom is -0.342 e. The summed E-state index contributed by atoms with van der Waals surface area (Å²) < 4.78 is 0. The number of nitrogens with zero attached hydrogens (tertiary/aromatic N) is 2. The summed E-state index contributed by atoms with van der Waals surface area (Å²) in [4.78, 5) is 17.4. The van der Waals surface area contributed by atoms with E-state index in [1.807, 2.05) is 0 Å². The molecule has 2 aliphatic heterocycles. The van der Waals surface area contributed by atoms with Gasteiger partial charge in [0.1, 0.15) is 0 Å². The molecule has 2 fully saturated rings. The quantitative estimate of drug-likeness (QED) is 0.728. The van der Waals surface area contributed by atoms with E-state index >= 15 is 0 Å². The zero-order valence-electron chi connectivity index (χ0n) is 16.5. The maximum Gasteiger partial charge on any atom is 0.225 e. The highest BCUT2D eigenvalue weighted by Crippen LogP contribution is 2.57. The Morgan fingerprint density at radius 1 is 0.870 bits per heavy atom. The van der Waals surface area contributed by atoms with Crippen molar-refractivity contribution in [3.05, 3.63) is 0 Å². The van der Waals surface area contributed by atoms with Crippen LogP contribution in [0.2, 0.25) is 0 Å². The molecule has 2 rings (SSSR count). The van der Waals surface area contributed by atoms with Crippen molar-refractivity contribution >= 4 is 5.91 Å². The fraction of sp³-hybridized carbons (Fsp3) is 0.950. The van der Waals surface area contributed by atoms with Gasteiger partial charge < -0.3 is 9.80 Å². The third kappa shape index (κ3) is 3.60. The average Bonchev–Trinajstić information content (AvgIpc) is 2.45. The van der Waals surface area contributed by atoms with Crippen LogP contribution >= 0.6 is 0 Å². The SMILES string of the molecule is CN1CCC(C(=O)N2CCC(C(C)(C)C)(C(C)(C)C)CC2)CC1. The zero-order chi connectivity index (χ0) is 17.5. The summed E-state index contributed by atoms with van der Waals surface area (Å²) in [6, 6.07) is 0. The van der Waals surface area contributed by atoms with Gasteiger partial charge in [-0.05, 0) is 62.1 Å². The first-order chi connectivity index (χ1) is 10.5. The van der Waals surface area contributed by atoms with Crippen LogP contribution in [0.25, 0.3) is 0 Å². The van der Waals surface area contributed by atoms with Gasteiger partial charge in [0.25, 0.3) is 0 Å². The molecule has 23 heavy (non-hydrogen) atoms. The van der Waals surface area contributed by atoms with Crippen molar-refractivity contribution in [1.82, 2.24) is 9.80 Å². The minimum atomic E-state index is 0.267. The molecular weight excluding hydrogens is 284 g/mol. The van der Waals surface area contributed by atoms with Crippen molar-refractivity contribution in [2.24, 2.45) is 22.2 Å². The van der Waals surface area contributed by atoms with Crippen LogP contribution in [0.15, 0.2) is 0 Å². The number of amides is 1. The van der Waals surface area contributed by atoms with Crippen LogP contribution in [0.3, 0.4) is 0 Å². The lowest BCUT2D eigenvalue weighted by atomic mass is 9.50. The van der Waals surface area contributed by atoms with E-state index in [0.29, 0.717) is 11.3 Å². The molecular formula is C20H38N2O. The molecule has 0 atom stereocenters. The molecule has 2 aliphatic rings. The molecule has 2 heterocycles. The summed E-state index contributed by atoms with van der Waals surface area (Å²) in [7, 11) is 2.16. The van der Waals surface area contributed by atoms with Crippen LogP contribution in [0, 0.1) is 22.2 Å². The van der Waals surface area contributed by atoms with Gasteiger partial charge in [0.05, 0.1) is 0 Å². The second-order valence-corrected chi connectivity index (χ2v) is 9.98. The Morgan fingerprint density at radius 3 is 1.70 bits per heavy atom. The fourth-order valence-electron chi connectivity index (χ4n) is 5.25. The largest absolute Gasteiger partial charge is 0.342 e. The average molecular weight is 323 g/mol. The summed E-state index contributed by atoms with van der Waals surface area (Å²) >= 11 is 0. The third-order valence-electron chi connectivity index (χ3n) is 6.87. The Hall–Kier alpha value is -0.570. The second-order valence-electron chi connectivity index (χ2n) is 9.98. The Labute approximate surface area is 143 Å². The van der Waals surface area contributed by atoms with E-state index in [9.17, 15) is 4.79 Å². The molecule has 1 amide bonds. The van der Waals surface area contributed by atoms with Gasteiger partial charge in [0.15, 0.2) is 0 Å². The van der Waals surface area contributed by atoms with Crippen molar-refractivity contribution in [1.29, 1.82) is 0 Å². The Bertz CT molecular complexity index is 398. The Kier molecular flexibility index (Phi) is 5.21. The zero-order valence-corrected chi connectivity index (χ0v) is 16.5. The van der Waals surface area contributed by atoms with Crippen LogP contribution in [0.4, 0.5) is 0 Å². The summed E-state index contributed by atoms with van der Waals surface area (Å²) in [5, 5.41) is 0. The molecule has 0 aliphatic carbocycles. The van der Waals surface area contributed by atoms with Crippen molar-refractivity contribution in [3.63, 3.8) is 0 Å². The first-order valence-corrected chi connectivity index (χ1v) is 9.45. The number of carbonyl (C=O) groups is 1. The molecule has 0 saturated carbocycles. The van der Waals surface area contributed by atoms with E-state index in [1.54, 1.807) is 0 Å². The van der Waals surface area contributed by atoms with Crippen molar-refractivity contribution in [2.75, 3.05) is 33.2 Å². The molecule has 2 saturated heterocycles. The summed E-state index contributed by atoms with van der Waals surface area (Å²) in [5.74, 6) is 0.692. The van der Waals surface area contributed by atoms with Crippen molar-refractivity contribution < 1.29 is 4.79 Å². The number of likely N-dealkylation sites (tertiary alicyclic amines) is 2. The van der Waals surface area contributed by atoms with Gasteiger partial charge in [0.2, 0.25) is 5.91 Å². The summed E-state index contributed by atoms with van der Waals surface area (Å²) in [6.07, 6.45) is 4.35. The van der Waals surface area contributed by atoms with Gasteiger partial charge >= 0.3 is 0 Å². The van der Waals surface area contributed by atoms with Gasteiger partial charge in [-0.1, -0.05) is 41.5 Å². The number of hydrogen-bond acceptors (Lipinski definition) is 2. The minimum absolute atomic E-state index is 0.267. The van der Waals surface area contributed by atoms with Gasteiger partial charge in [-0.25, -0.2) is 0 Å². The van der Waals surface area contributed by atoms with Crippen molar-refractivity contribution in [2.45, 2.75) is 67.2 Å². The predicted molar refractivity (Wildman–Crippen MR) is 97.4 cm³/mol. The molecule has 0 unspecified atom stereocenters. The number of carbonyl (C=O) groups excluding carboxylic acids is 1. The number of piperidine rings is 2. The van der Waals surface area contributed by atoms with E-state index in [4.69, 9.17) is 0 Å². The van der Waals surface area contributed by atoms with Crippen LogP contribution in [0.5, 0.6) is 0 Å². The summed E-state index contributed by atoms with van der Waals surface area (Å²) in [5.41, 5.74) is 0.853. The standard InChI is InChI=1S/C20H38N2O/c1-18(2,3)20(19(4,5)6)10-14-22(15-11-20)17(23)16-8-12-21(7)13-9-16/h16H,8-15H2,1-7H3.